The second kappa shape index (κ2) is 10.3. The van der Waals surface area contributed by atoms with Crippen LogP contribution in [0.2, 0.25) is 10.0 Å². The van der Waals surface area contributed by atoms with Crippen LogP contribution in [0.5, 0.6) is 5.75 Å². The summed E-state index contributed by atoms with van der Waals surface area (Å²) in [6.45, 7) is -0.164. The Morgan fingerprint density at radius 2 is 1.75 bits per heavy atom. The minimum atomic E-state index is -0.529. The summed E-state index contributed by atoms with van der Waals surface area (Å²) >= 11 is 11.9. The van der Waals surface area contributed by atoms with Gasteiger partial charge >= 0.3 is 0 Å². The van der Waals surface area contributed by atoms with Crippen molar-refractivity contribution in [3.63, 3.8) is 0 Å². The van der Waals surface area contributed by atoms with Gasteiger partial charge in [0.2, 0.25) is 11.7 Å². The number of hydrogen-bond donors (Lipinski definition) is 1. The lowest BCUT2D eigenvalue weighted by Crippen LogP contribution is -2.34. The van der Waals surface area contributed by atoms with Gasteiger partial charge in [0, 0.05) is 22.0 Å². The molecule has 0 radical (unpaired) electrons. The minimum Gasteiger partial charge on any atom is -0.484 e. The summed E-state index contributed by atoms with van der Waals surface area (Å²) < 4.78 is 11.0. The first-order chi connectivity index (χ1) is 15.6. The molecule has 1 aromatic heterocycles. The fourth-order valence-electron chi connectivity index (χ4n) is 3.09. The molecule has 32 heavy (non-hydrogen) atoms. The zero-order valence-corrected chi connectivity index (χ0v) is 18.4. The fraction of sp³-hybridized carbons (Fsp3) is 0.125. The molecule has 8 heteroatoms. The number of carbonyl (C=O) groups excluding carboxylic acids is 1. The van der Waals surface area contributed by atoms with Crippen molar-refractivity contribution in [1.82, 2.24) is 15.5 Å². The Labute approximate surface area is 195 Å². The average Bonchev–Trinajstić information content (AvgIpc) is 3.29. The van der Waals surface area contributed by atoms with Gasteiger partial charge < -0.3 is 14.6 Å². The predicted octanol–water partition coefficient (Wildman–Crippen LogP) is 5.52. The van der Waals surface area contributed by atoms with Crippen LogP contribution in [0.3, 0.4) is 0 Å². The monoisotopic (exact) mass is 467 g/mol. The summed E-state index contributed by atoms with van der Waals surface area (Å²) in [7, 11) is 0. The maximum absolute atomic E-state index is 12.6. The highest BCUT2D eigenvalue weighted by Gasteiger charge is 2.22. The van der Waals surface area contributed by atoms with Gasteiger partial charge in [0.15, 0.2) is 6.61 Å². The Balaban J connectivity index is 1.50. The summed E-state index contributed by atoms with van der Waals surface area (Å²) in [6, 6.07) is 23.2. The largest absolute Gasteiger partial charge is 0.484 e. The van der Waals surface area contributed by atoms with E-state index >= 15 is 0 Å². The van der Waals surface area contributed by atoms with Crippen molar-refractivity contribution in [2.45, 2.75) is 12.5 Å². The van der Waals surface area contributed by atoms with E-state index in [2.05, 4.69) is 15.5 Å². The average molecular weight is 468 g/mol. The van der Waals surface area contributed by atoms with Crippen molar-refractivity contribution in [2.24, 2.45) is 0 Å². The number of ether oxygens (including phenoxy) is 1. The predicted molar refractivity (Wildman–Crippen MR) is 123 cm³/mol. The van der Waals surface area contributed by atoms with Gasteiger partial charge in [0.05, 0.1) is 0 Å². The van der Waals surface area contributed by atoms with Crippen molar-refractivity contribution in [1.29, 1.82) is 0 Å². The fourth-order valence-corrected chi connectivity index (χ4v) is 3.40. The molecular formula is C24H19Cl2N3O3. The first-order valence-electron chi connectivity index (χ1n) is 9.88. The molecule has 6 nitrogen and oxygen atoms in total. The van der Waals surface area contributed by atoms with E-state index in [1.54, 1.807) is 36.4 Å². The molecule has 0 aliphatic rings. The van der Waals surface area contributed by atoms with Crippen molar-refractivity contribution >= 4 is 29.1 Å². The third-order valence-corrected chi connectivity index (χ3v) is 5.11. The molecule has 0 spiro atoms. The zero-order valence-electron chi connectivity index (χ0n) is 16.9. The van der Waals surface area contributed by atoms with Crippen LogP contribution in [0.15, 0.2) is 83.4 Å². The molecule has 0 saturated heterocycles. The maximum Gasteiger partial charge on any atom is 0.258 e. The van der Waals surface area contributed by atoms with Gasteiger partial charge in [-0.3, -0.25) is 4.79 Å². The van der Waals surface area contributed by atoms with Gasteiger partial charge in [-0.25, -0.2) is 0 Å². The van der Waals surface area contributed by atoms with Gasteiger partial charge in [-0.05, 0) is 42.0 Å². The molecule has 4 aromatic rings. The molecule has 1 atom stereocenters. The molecule has 0 saturated carbocycles. The van der Waals surface area contributed by atoms with E-state index in [-0.39, 0.29) is 12.5 Å². The van der Waals surface area contributed by atoms with Crippen molar-refractivity contribution in [2.75, 3.05) is 6.61 Å². The number of carbonyl (C=O) groups is 1. The zero-order chi connectivity index (χ0) is 22.3. The Morgan fingerprint density at radius 1 is 0.969 bits per heavy atom. The highest BCUT2D eigenvalue weighted by molar-refractivity contribution is 6.31. The summed E-state index contributed by atoms with van der Waals surface area (Å²) in [4.78, 5) is 17.1. The summed E-state index contributed by atoms with van der Waals surface area (Å²) in [5, 5.41) is 8.15. The molecular weight excluding hydrogens is 449 g/mol. The van der Waals surface area contributed by atoms with Gasteiger partial charge in [-0.2, -0.15) is 4.98 Å². The standard InChI is InChI=1S/C24H19Cl2N3O3/c25-18-9-11-20(12-10-18)31-15-22(30)27-21(13-16-5-2-1-3-6-16)24-28-23(29-32-24)17-7-4-8-19(26)14-17/h1-12,14,21H,13,15H2,(H,27,30)/t21-/m1/s1. The number of amides is 1. The van der Waals surface area contributed by atoms with Gasteiger partial charge in [-0.1, -0.05) is 70.8 Å². The molecule has 0 unspecified atom stereocenters. The molecule has 3 aromatic carbocycles. The lowest BCUT2D eigenvalue weighted by Gasteiger charge is -2.15. The number of halogens is 2. The highest BCUT2D eigenvalue weighted by atomic mass is 35.5. The Hall–Kier alpha value is -3.35. The lowest BCUT2D eigenvalue weighted by molar-refractivity contribution is -0.124. The first kappa shape index (κ1) is 21.9. The second-order valence-corrected chi connectivity index (χ2v) is 7.89. The number of hydrogen-bond acceptors (Lipinski definition) is 5. The topological polar surface area (TPSA) is 77.2 Å². The summed E-state index contributed by atoms with van der Waals surface area (Å²) in [5.41, 5.74) is 1.74. The van der Waals surface area contributed by atoms with Gasteiger partial charge in [-0.15, -0.1) is 0 Å². The van der Waals surface area contributed by atoms with Crippen LogP contribution in [-0.2, 0) is 11.2 Å². The molecule has 0 fully saturated rings. The molecule has 1 amide bonds. The normalized spacial score (nSPS) is 11.7. The molecule has 0 aliphatic heterocycles. The van der Waals surface area contributed by atoms with E-state index in [0.29, 0.717) is 33.9 Å². The van der Waals surface area contributed by atoms with Crippen molar-refractivity contribution in [3.8, 4) is 17.1 Å². The van der Waals surface area contributed by atoms with Crippen LogP contribution in [0, 0.1) is 0 Å². The molecule has 1 N–H and O–H groups in total. The van der Waals surface area contributed by atoms with E-state index in [1.807, 2.05) is 42.5 Å². The van der Waals surface area contributed by atoms with E-state index < -0.39 is 6.04 Å². The smallest absolute Gasteiger partial charge is 0.258 e. The van der Waals surface area contributed by atoms with Crippen LogP contribution >= 0.6 is 23.2 Å². The van der Waals surface area contributed by atoms with Crippen LogP contribution in [0.1, 0.15) is 17.5 Å². The molecule has 4 rings (SSSR count). The Bertz CT molecular complexity index is 1180. The van der Waals surface area contributed by atoms with Crippen molar-refractivity contribution in [3.05, 3.63) is 100 Å². The lowest BCUT2D eigenvalue weighted by atomic mass is 10.1. The molecule has 1 heterocycles. The van der Waals surface area contributed by atoms with Crippen LogP contribution < -0.4 is 10.1 Å². The minimum absolute atomic E-state index is 0.164. The van der Waals surface area contributed by atoms with E-state index in [9.17, 15) is 4.79 Å². The third-order valence-electron chi connectivity index (χ3n) is 4.62. The summed E-state index contributed by atoms with van der Waals surface area (Å²) in [5.74, 6) is 0.921. The molecule has 0 aliphatic carbocycles. The SMILES string of the molecule is O=C(COc1ccc(Cl)cc1)N[C@H](Cc1ccccc1)c1nc(-c2cccc(Cl)c2)no1. The maximum atomic E-state index is 12.6. The Morgan fingerprint density at radius 3 is 2.50 bits per heavy atom. The van der Waals surface area contributed by atoms with Crippen LogP contribution in [0.25, 0.3) is 11.4 Å². The molecule has 162 valence electrons. The summed E-state index contributed by atoms with van der Waals surface area (Å²) in [6.07, 6.45) is 0.477. The van der Waals surface area contributed by atoms with E-state index in [0.717, 1.165) is 11.1 Å². The van der Waals surface area contributed by atoms with Crippen LogP contribution in [-0.4, -0.2) is 22.7 Å². The van der Waals surface area contributed by atoms with E-state index in [1.165, 1.54) is 0 Å². The van der Waals surface area contributed by atoms with Gasteiger partial charge in [0.1, 0.15) is 11.8 Å². The highest BCUT2D eigenvalue weighted by Crippen LogP contribution is 2.24. The number of rotatable bonds is 8. The van der Waals surface area contributed by atoms with Gasteiger partial charge in [0.25, 0.3) is 5.91 Å². The number of benzene rings is 3. The second-order valence-electron chi connectivity index (χ2n) is 7.02. The third kappa shape index (κ3) is 5.87. The number of nitrogens with one attached hydrogen (secondary N) is 1. The van der Waals surface area contributed by atoms with E-state index in [4.69, 9.17) is 32.5 Å². The van der Waals surface area contributed by atoms with Crippen molar-refractivity contribution < 1.29 is 14.1 Å². The first-order valence-corrected chi connectivity index (χ1v) is 10.6. The van der Waals surface area contributed by atoms with Crippen LogP contribution in [0.4, 0.5) is 0 Å². The quantitative estimate of drug-likeness (QED) is 0.368. The Kier molecular flexibility index (Phi) is 7.04. The number of nitrogens with zero attached hydrogens (tertiary/aromatic N) is 2. The number of aromatic nitrogens is 2. The molecule has 0 bridgehead atoms.